The van der Waals surface area contributed by atoms with Gasteiger partial charge in [-0.3, -0.25) is 19.7 Å². The summed E-state index contributed by atoms with van der Waals surface area (Å²) in [7, 11) is 0. The van der Waals surface area contributed by atoms with Crippen LogP contribution in [0.2, 0.25) is 0 Å². The number of nitro benzene ring substituents is 1. The summed E-state index contributed by atoms with van der Waals surface area (Å²) in [4.78, 5) is 35.9. The van der Waals surface area contributed by atoms with Crippen LogP contribution in [0.3, 0.4) is 0 Å². The molecular weight excluding hydrogens is 719 g/mol. The third-order valence-electron chi connectivity index (χ3n) is 3.35. The Bertz CT molecular complexity index is 724. The fourth-order valence-electron chi connectivity index (χ4n) is 1.94. The van der Waals surface area contributed by atoms with Crippen molar-refractivity contribution in [1.82, 2.24) is 10.6 Å². The molecule has 0 bridgehead atoms. The highest BCUT2D eigenvalue weighted by atomic mass is 127. The first-order valence-electron chi connectivity index (χ1n) is 7.55. The van der Waals surface area contributed by atoms with E-state index >= 15 is 0 Å². The van der Waals surface area contributed by atoms with Crippen LogP contribution in [-0.2, 0) is 0 Å². The van der Waals surface area contributed by atoms with E-state index in [0.29, 0.717) is 0 Å². The van der Waals surface area contributed by atoms with Crippen LogP contribution in [0.4, 0.5) is 5.69 Å². The highest BCUT2D eigenvalue weighted by Gasteiger charge is 2.33. The molecule has 11 nitrogen and oxygen atoms in total. The lowest BCUT2D eigenvalue weighted by molar-refractivity contribution is -0.386. The summed E-state index contributed by atoms with van der Waals surface area (Å²) < 4.78 is 0.169. The SMILES string of the molecule is O=C(NC[C@H](O)CO)c1c(I)c(C(=O)NC[C@@H](O)CO)c(I)c([N+](=O)[O-])c1I. The molecule has 0 aliphatic heterocycles. The van der Waals surface area contributed by atoms with Gasteiger partial charge >= 0.3 is 0 Å². The number of aliphatic hydroxyl groups is 4. The summed E-state index contributed by atoms with van der Waals surface area (Å²) in [6, 6.07) is 0. The van der Waals surface area contributed by atoms with Crippen molar-refractivity contribution in [3.05, 3.63) is 32.0 Å². The van der Waals surface area contributed by atoms with Crippen LogP contribution in [0.5, 0.6) is 0 Å². The molecule has 0 heterocycles. The number of rotatable bonds is 9. The molecule has 1 aromatic carbocycles. The summed E-state index contributed by atoms with van der Waals surface area (Å²) in [5, 5.41) is 52.7. The number of hydrogen-bond donors (Lipinski definition) is 6. The lowest BCUT2D eigenvalue weighted by atomic mass is 10.1. The topological polar surface area (TPSA) is 182 Å². The van der Waals surface area contributed by atoms with Gasteiger partial charge in [0, 0.05) is 16.7 Å². The Morgan fingerprint density at radius 1 is 0.893 bits per heavy atom. The normalized spacial score (nSPS) is 13.0. The van der Waals surface area contributed by atoms with Gasteiger partial charge in [0.2, 0.25) is 0 Å². The van der Waals surface area contributed by atoms with E-state index in [1.807, 2.05) is 0 Å². The Morgan fingerprint density at radius 3 is 1.54 bits per heavy atom. The number of hydrogen-bond acceptors (Lipinski definition) is 8. The maximum absolute atomic E-state index is 12.5. The number of halogens is 3. The summed E-state index contributed by atoms with van der Waals surface area (Å²) in [5.74, 6) is -1.52. The van der Waals surface area contributed by atoms with Crippen molar-refractivity contribution in [1.29, 1.82) is 0 Å². The second kappa shape index (κ2) is 11.7. The minimum absolute atomic E-state index is 0.0133. The summed E-state index contributed by atoms with van der Waals surface area (Å²) in [5.41, 5.74) is -0.667. The molecule has 0 saturated heterocycles. The van der Waals surface area contributed by atoms with Crippen LogP contribution in [0, 0.1) is 20.8 Å². The molecular formula is C14H16I3N3O8. The monoisotopic (exact) mass is 735 g/mol. The molecule has 2 atom stereocenters. The molecule has 0 spiro atoms. The molecule has 156 valence electrons. The number of amides is 2. The van der Waals surface area contributed by atoms with E-state index < -0.39 is 47.8 Å². The van der Waals surface area contributed by atoms with Crippen molar-refractivity contribution in [2.24, 2.45) is 0 Å². The molecule has 0 radical (unpaired) electrons. The number of aliphatic hydroxyl groups excluding tert-OH is 4. The van der Waals surface area contributed by atoms with E-state index in [9.17, 15) is 29.9 Å². The van der Waals surface area contributed by atoms with E-state index in [1.165, 1.54) is 0 Å². The molecule has 6 N–H and O–H groups in total. The van der Waals surface area contributed by atoms with E-state index in [1.54, 1.807) is 67.8 Å². The van der Waals surface area contributed by atoms with Gasteiger partial charge in [-0.05, 0) is 67.8 Å². The second-order valence-electron chi connectivity index (χ2n) is 5.39. The Kier molecular flexibility index (Phi) is 10.7. The van der Waals surface area contributed by atoms with Crippen LogP contribution >= 0.6 is 67.8 Å². The van der Waals surface area contributed by atoms with E-state index in [4.69, 9.17) is 10.2 Å². The lowest BCUT2D eigenvalue weighted by Gasteiger charge is -2.16. The predicted octanol–water partition coefficient (Wildman–Crippen LogP) is -0.425. The zero-order chi connectivity index (χ0) is 21.6. The number of nitro groups is 1. The third kappa shape index (κ3) is 6.29. The quantitative estimate of drug-likeness (QED) is 0.112. The van der Waals surface area contributed by atoms with E-state index in [2.05, 4.69) is 10.6 Å². The second-order valence-corrected chi connectivity index (χ2v) is 8.63. The first-order valence-corrected chi connectivity index (χ1v) is 10.8. The molecule has 1 rings (SSSR count). The van der Waals surface area contributed by atoms with Gasteiger partial charge in [0.1, 0.15) is 7.14 Å². The summed E-state index contributed by atoms with van der Waals surface area (Å²) in [6.07, 6.45) is -2.42. The average Bonchev–Trinajstić information content (AvgIpc) is 2.63. The maximum Gasteiger partial charge on any atom is 0.297 e. The standard InChI is InChI=1S/C14H16I3N3O8/c15-9-7(13(25)18-1-5(23)3-21)10(16)12(20(27)28)11(17)8(9)14(26)19-2-6(24)4-22/h5-6,21-24H,1-4H2,(H,18,25)(H,19,26)/t5-,6+. The van der Waals surface area contributed by atoms with Crippen LogP contribution < -0.4 is 10.6 Å². The molecule has 0 aliphatic rings. The molecule has 0 unspecified atom stereocenters. The molecule has 2 amide bonds. The number of carbonyl (C=O) groups excluding carboxylic acids is 2. The summed E-state index contributed by atoms with van der Waals surface area (Å²) in [6.45, 7) is -1.73. The van der Waals surface area contributed by atoms with Gasteiger partial charge in [0.15, 0.2) is 0 Å². The zero-order valence-corrected chi connectivity index (χ0v) is 20.5. The smallest absolute Gasteiger partial charge is 0.297 e. The van der Waals surface area contributed by atoms with Gasteiger partial charge < -0.3 is 31.1 Å². The van der Waals surface area contributed by atoms with Gasteiger partial charge in [-0.25, -0.2) is 0 Å². The minimum Gasteiger partial charge on any atom is -0.394 e. The zero-order valence-electron chi connectivity index (χ0n) is 14.0. The van der Waals surface area contributed by atoms with E-state index in [-0.39, 0.29) is 34.9 Å². The highest BCUT2D eigenvalue weighted by molar-refractivity contribution is 14.1. The molecule has 14 heteroatoms. The molecule has 28 heavy (non-hydrogen) atoms. The lowest BCUT2D eigenvalue weighted by Crippen LogP contribution is -2.37. The van der Waals surface area contributed by atoms with Gasteiger partial charge in [-0.2, -0.15) is 0 Å². The van der Waals surface area contributed by atoms with Gasteiger partial charge in [-0.1, -0.05) is 0 Å². The van der Waals surface area contributed by atoms with Gasteiger partial charge in [0.05, 0.1) is 41.5 Å². The Balaban J connectivity index is 3.44. The fraction of sp³-hybridized carbons (Fsp3) is 0.429. The maximum atomic E-state index is 12.5. The first kappa shape index (κ1) is 25.6. The van der Waals surface area contributed by atoms with Gasteiger partial charge in [0.25, 0.3) is 17.5 Å². The highest BCUT2D eigenvalue weighted by Crippen LogP contribution is 2.36. The van der Waals surface area contributed by atoms with Crippen molar-refractivity contribution in [2.45, 2.75) is 12.2 Å². The number of nitrogens with zero attached hydrogens (tertiary/aromatic N) is 1. The van der Waals surface area contributed by atoms with Crippen molar-refractivity contribution in [2.75, 3.05) is 26.3 Å². The van der Waals surface area contributed by atoms with Crippen LogP contribution in [-0.4, -0.2) is 75.7 Å². The molecule has 0 aromatic heterocycles. The average molecular weight is 735 g/mol. The number of carbonyl (C=O) groups is 2. The van der Waals surface area contributed by atoms with Gasteiger partial charge in [-0.15, -0.1) is 0 Å². The van der Waals surface area contributed by atoms with Crippen molar-refractivity contribution < 1.29 is 34.9 Å². The summed E-state index contributed by atoms with van der Waals surface area (Å²) >= 11 is 4.99. The molecule has 1 aromatic rings. The van der Waals surface area contributed by atoms with Crippen molar-refractivity contribution in [3.63, 3.8) is 0 Å². The first-order chi connectivity index (χ1) is 13.1. The van der Waals surface area contributed by atoms with Crippen LogP contribution in [0.1, 0.15) is 20.7 Å². The Hall–Kier alpha value is -0.410. The number of benzene rings is 1. The molecule has 0 aliphatic carbocycles. The van der Waals surface area contributed by atoms with Crippen molar-refractivity contribution in [3.8, 4) is 0 Å². The van der Waals surface area contributed by atoms with Crippen molar-refractivity contribution >= 4 is 85.3 Å². The number of nitrogens with one attached hydrogen (secondary N) is 2. The molecule has 0 fully saturated rings. The van der Waals surface area contributed by atoms with E-state index in [0.717, 1.165) is 0 Å². The fourth-order valence-corrected chi connectivity index (χ4v) is 6.48. The Labute approximate surface area is 199 Å². The largest absolute Gasteiger partial charge is 0.394 e. The Morgan fingerprint density at radius 2 is 1.25 bits per heavy atom. The van der Waals surface area contributed by atoms with Crippen LogP contribution in [0.25, 0.3) is 0 Å². The molecule has 0 saturated carbocycles. The minimum atomic E-state index is -1.21. The van der Waals surface area contributed by atoms with Crippen LogP contribution in [0.15, 0.2) is 0 Å². The third-order valence-corrected chi connectivity index (χ3v) is 6.53. The predicted molar refractivity (Wildman–Crippen MR) is 122 cm³/mol.